The zero-order chi connectivity index (χ0) is 19.2. The van der Waals surface area contributed by atoms with E-state index in [9.17, 15) is 9.59 Å². The molecule has 0 atom stereocenters. The van der Waals surface area contributed by atoms with Crippen LogP contribution in [0.15, 0.2) is 60.8 Å². The topological polar surface area (TPSA) is 76.0 Å². The van der Waals surface area contributed by atoms with E-state index in [1.54, 1.807) is 16.8 Å². The van der Waals surface area contributed by atoms with Crippen LogP contribution < -0.4 is 10.9 Å². The summed E-state index contributed by atoms with van der Waals surface area (Å²) in [5.41, 5.74) is 7.66. The number of carbonyl (C=O) groups excluding carboxylic acids is 2. The van der Waals surface area contributed by atoms with Crippen molar-refractivity contribution in [1.29, 1.82) is 0 Å². The number of hydrogen-bond acceptors (Lipinski definition) is 3. The summed E-state index contributed by atoms with van der Waals surface area (Å²) in [6.45, 7) is 1.93. The van der Waals surface area contributed by atoms with Crippen molar-refractivity contribution in [2.75, 3.05) is 0 Å². The molecular weight excluding hydrogens is 364 g/mol. The van der Waals surface area contributed by atoms with Gasteiger partial charge in [-0.3, -0.25) is 20.4 Å². The SMILES string of the molecule is CCc1c(C(=O)NNC(=O)Cc2ccccc2)cnn1-c1cccc(Cl)c1. The van der Waals surface area contributed by atoms with Crippen molar-refractivity contribution in [3.05, 3.63) is 82.6 Å². The molecule has 0 unspecified atom stereocenters. The summed E-state index contributed by atoms with van der Waals surface area (Å²) in [5, 5.41) is 4.89. The van der Waals surface area contributed by atoms with E-state index in [2.05, 4.69) is 16.0 Å². The number of rotatable bonds is 5. The Kier molecular flexibility index (Phi) is 5.88. The van der Waals surface area contributed by atoms with E-state index in [0.717, 1.165) is 16.9 Å². The van der Waals surface area contributed by atoms with Crippen LogP contribution in [0.3, 0.4) is 0 Å². The highest BCUT2D eigenvalue weighted by molar-refractivity contribution is 6.30. The lowest BCUT2D eigenvalue weighted by Gasteiger charge is -2.10. The third kappa shape index (κ3) is 4.54. The molecule has 2 amide bonds. The molecule has 1 heterocycles. The Bertz CT molecular complexity index is 954. The van der Waals surface area contributed by atoms with Crippen LogP contribution in [0.25, 0.3) is 5.69 Å². The smallest absolute Gasteiger partial charge is 0.273 e. The van der Waals surface area contributed by atoms with Crippen molar-refractivity contribution >= 4 is 23.4 Å². The van der Waals surface area contributed by atoms with Crippen LogP contribution >= 0.6 is 11.6 Å². The Morgan fingerprint density at radius 3 is 2.56 bits per heavy atom. The van der Waals surface area contributed by atoms with E-state index in [4.69, 9.17) is 11.6 Å². The highest BCUT2D eigenvalue weighted by Crippen LogP contribution is 2.19. The maximum absolute atomic E-state index is 12.5. The minimum atomic E-state index is -0.415. The second kappa shape index (κ2) is 8.51. The molecule has 2 aromatic carbocycles. The monoisotopic (exact) mass is 382 g/mol. The van der Waals surface area contributed by atoms with E-state index in [-0.39, 0.29) is 12.3 Å². The lowest BCUT2D eigenvalue weighted by molar-refractivity contribution is -0.121. The van der Waals surface area contributed by atoms with Gasteiger partial charge in [0.2, 0.25) is 5.91 Å². The Hall–Kier alpha value is -3.12. The van der Waals surface area contributed by atoms with E-state index in [1.165, 1.54) is 6.20 Å². The van der Waals surface area contributed by atoms with Gasteiger partial charge in [0.1, 0.15) is 0 Å². The molecule has 3 aromatic rings. The molecule has 0 fully saturated rings. The van der Waals surface area contributed by atoms with Gasteiger partial charge in [-0.2, -0.15) is 5.10 Å². The Labute approximate surface area is 162 Å². The summed E-state index contributed by atoms with van der Waals surface area (Å²) in [4.78, 5) is 24.5. The largest absolute Gasteiger partial charge is 0.273 e. The molecule has 0 saturated heterocycles. The number of benzene rings is 2. The van der Waals surface area contributed by atoms with Gasteiger partial charge < -0.3 is 0 Å². The fraction of sp³-hybridized carbons (Fsp3) is 0.150. The van der Waals surface area contributed by atoms with Crippen LogP contribution in [-0.4, -0.2) is 21.6 Å². The number of nitrogens with one attached hydrogen (secondary N) is 2. The molecular formula is C20H19ClN4O2. The first-order valence-corrected chi connectivity index (χ1v) is 8.92. The fourth-order valence-electron chi connectivity index (χ4n) is 2.75. The average molecular weight is 383 g/mol. The Morgan fingerprint density at radius 2 is 1.85 bits per heavy atom. The predicted octanol–water partition coefficient (Wildman–Crippen LogP) is 3.09. The van der Waals surface area contributed by atoms with Gasteiger partial charge in [-0.1, -0.05) is 54.9 Å². The van der Waals surface area contributed by atoms with Crippen LogP contribution in [0, 0.1) is 0 Å². The van der Waals surface area contributed by atoms with Gasteiger partial charge in [0.25, 0.3) is 5.91 Å². The maximum atomic E-state index is 12.5. The molecule has 3 rings (SSSR count). The van der Waals surface area contributed by atoms with Crippen LogP contribution in [0.1, 0.15) is 28.5 Å². The molecule has 1 aromatic heterocycles. The lowest BCUT2D eigenvalue weighted by Crippen LogP contribution is -2.42. The molecule has 0 saturated carbocycles. The van der Waals surface area contributed by atoms with E-state index in [1.807, 2.05) is 49.4 Å². The van der Waals surface area contributed by atoms with Gasteiger partial charge in [0.05, 0.1) is 29.6 Å². The normalized spacial score (nSPS) is 10.4. The summed E-state index contributed by atoms with van der Waals surface area (Å²) in [6.07, 6.45) is 2.26. The first kappa shape index (κ1) is 18.7. The lowest BCUT2D eigenvalue weighted by atomic mass is 10.1. The maximum Gasteiger partial charge on any atom is 0.273 e. The number of nitrogens with zero attached hydrogens (tertiary/aromatic N) is 2. The van der Waals surface area contributed by atoms with Gasteiger partial charge in [-0.15, -0.1) is 0 Å². The summed E-state index contributed by atoms with van der Waals surface area (Å²) in [7, 11) is 0. The zero-order valence-electron chi connectivity index (χ0n) is 14.8. The average Bonchev–Trinajstić information content (AvgIpc) is 3.11. The van der Waals surface area contributed by atoms with Gasteiger partial charge >= 0.3 is 0 Å². The molecule has 2 N–H and O–H groups in total. The zero-order valence-corrected chi connectivity index (χ0v) is 15.5. The van der Waals surface area contributed by atoms with Crippen molar-refractivity contribution in [2.45, 2.75) is 19.8 Å². The predicted molar refractivity (Wildman–Crippen MR) is 104 cm³/mol. The van der Waals surface area contributed by atoms with Crippen LogP contribution in [0.2, 0.25) is 5.02 Å². The summed E-state index contributed by atoms with van der Waals surface area (Å²) in [5.74, 6) is -0.712. The summed E-state index contributed by atoms with van der Waals surface area (Å²) >= 11 is 6.04. The number of carbonyl (C=O) groups is 2. The van der Waals surface area contributed by atoms with Gasteiger partial charge in [-0.05, 0) is 30.2 Å². The number of hydrazine groups is 1. The number of amides is 2. The summed E-state index contributed by atoms with van der Waals surface area (Å²) < 4.78 is 1.67. The first-order valence-electron chi connectivity index (χ1n) is 8.54. The second-order valence-corrected chi connectivity index (χ2v) is 6.35. The molecule has 0 aliphatic heterocycles. The Morgan fingerprint density at radius 1 is 1.07 bits per heavy atom. The first-order chi connectivity index (χ1) is 13.1. The van der Waals surface area contributed by atoms with E-state index < -0.39 is 5.91 Å². The van der Waals surface area contributed by atoms with Crippen molar-refractivity contribution in [2.24, 2.45) is 0 Å². The number of aromatic nitrogens is 2. The minimum absolute atomic E-state index is 0.184. The van der Waals surface area contributed by atoms with Crippen LogP contribution in [0.5, 0.6) is 0 Å². The van der Waals surface area contributed by atoms with Gasteiger partial charge in [-0.25, -0.2) is 4.68 Å². The molecule has 6 nitrogen and oxygen atoms in total. The molecule has 0 aliphatic rings. The fourth-order valence-corrected chi connectivity index (χ4v) is 2.94. The third-order valence-electron chi connectivity index (χ3n) is 4.02. The van der Waals surface area contributed by atoms with Crippen molar-refractivity contribution < 1.29 is 9.59 Å². The molecule has 0 spiro atoms. The molecule has 138 valence electrons. The standard InChI is InChI=1S/C20H19ClN4O2/c1-2-18-17(13-22-25(18)16-10-6-9-15(21)12-16)20(27)24-23-19(26)11-14-7-4-3-5-8-14/h3-10,12-13H,2,11H2,1H3,(H,23,26)(H,24,27). The van der Waals surface area contributed by atoms with E-state index in [0.29, 0.717) is 17.0 Å². The van der Waals surface area contributed by atoms with Crippen molar-refractivity contribution in [3.63, 3.8) is 0 Å². The molecule has 7 heteroatoms. The highest BCUT2D eigenvalue weighted by atomic mass is 35.5. The number of hydrogen-bond donors (Lipinski definition) is 2. The van der Waals surface area contributed by atoms with Crippen LogP contribution in [0.4, 0.5) is 0 Å². The third-order valence-corrected chi connectivity index (χ3v) is 4.26. The molecule has 27 heavy (non-hydrogen) atoms. The quantitative estimate of drug-likeness (QED) is 0.666. The minimum Gasteiger partial charge on any atom is -0.273 e. The van der Waals surface area contributed by atoms with E-state index >= 15 is 0 Å². The summed E-state index contributed by atoms with van der Waals surface area (Å²) in [6, 6.07) is 16.5. The van der Waals surface area contributed by atoms with Crippen molar-refractivity contribution in [3.8, 4) is 5.69 Å². The van der Waals surface area contributed by atoms with Gasteiger partial charge in [0.15, 0.2) is 0 Å². The van der Waals surface area contributed by atoms with Gasteiger partial charge in [0, 0.05) is 5.02 Å². The second-order valence-electron chi connectivity index (χ2n) is 5.91. The molecule has 0 bridgehead atoms. The Balaban J connectivity index is 1.69. The highest BCUT2D eigenvalue weighted by Gasteiger charge is 2.18. The molecule has 0 radical (unpaired) electrons. The van der Waals surface area contributed by atoms with Crippen molar-refractivity contribution in [1.82, 2.24) is 20.6 Å². The van der Waals surface area contributed by atoms with Crippen LogP contribution in [-0.2, 0) is 17.6 Å². The number of halogens is 1. The molecule has 0 aliphatic carbocycles.